The van der Waals surface area contributed by atoms with Crippen molar-refractivity contribution in [3.05, 3.63) is 58.1 Å². The van der Waals surface area contributed by atoms with Crippen LogP contribution in [0.15, 0.2) is 51.8 Å². The zero-order valence-electron chi connectivity index (χ0n) is 12.3. The molecule has 0 heterocycles. The third-order valence-electron chi connectivity index (χ3n) is 3.07. The summed E-state index contributed by atoms with van der Waals surface area (Å²) in [5.41, 5.74) is 1.24. The Labute approximate surface area is 143 Å². The van der Waals surface area contributed by atoms with Gasteiger partial charge in [-0.1, -0.05) is 34.1 Å². The van der Waals surface area contributed by atoms with E-state index in [2.05, 4.69) is 15.9 Å². The Hall–Kier alpha value is -1.86. The quantitative estimate of drug-likeness (QED) is 0.808. The zero-order chi connectivity index (χ0) is 17.0. The predicted molar refractivity (Wildman–Crippen MR) is 89.4 cm³/mol. The average molecular weight is 399 g/mol. The van der Waals surface area contributed by atoms with Crippen LogP contribution in [0.5, 0.6) is 5.75 Å². The summed E-state index contributed by atoms with van der Waals surface area (Å²) in [5.74, 6) is -0.473. The van der Waals surface area contributed by atoms with E-state index in [1.807, 2.05) is 0 Å². The first-order valence-corrected chi connectivity index (χ1v) is 9.36. The van der Waals surface area contributed by atoms with Crippen LogP contribution in [-0.4, -0.2) is 25.7 Å². The molecule has 0 radical (unpaired) electrons. The smallest absolute Gasteiger partial charge is 0.307 e. The van der Waals surface area contributed by atoms with Crippen LogP contribution in [-0.2, 0) is 27.7 Å². The van der Waals surface area contributed by atoms with E-state index in [0.29, 0.717) is 21.3 Å². The monoisotopic (exact) mass is 398 g/mol. The van der Waals surface area contributed by atoms with E-state index < -0.39 is 15.8 Å². The number of carboxylic acids is 1. The highest BCUT2D eigenvalue weighted by Gasteiger charge is 2.11. The summed E-state index contributed by atoms with van der Waals surface area (Å²) in [6.45, 7) is 0.137. The number of carboxylic acid groups (broad SMARTS) is 1. The van der Waals surface area contributed by atoms with Gasteiger partial charge in [-0.3, -0.25) is 4.79 Å². The highest BCUT2D eigenvalue weighted by atomic mass is 79.9. The van der Waals surface area contributed by atoms with Crippen LogP contribution in [0, 0.1) is 0 Å². The lowest BCUT2D eigenvalue weighted by molar-refractivity contribution is -0.136. The summed E-state index contributed by atoms with van der Waals surface area (Å²) in [5, 5.41) is 8.91. The molecule has 23 heavy (non-hydrogen) atoms. The first-order chi connectivity index (χ1) is 10.8. The number of benzene rings is 2. The molecule has 0 aliphatic heterocycles. The van der Waals surface area contributed by atoms with Gasteiger partial charge < -0.3 is 9.84 Å². The van der Waals surface area contributed by atoms with Gasteiger partial charge in [-0.2, -0.15) is 0 Å². The molecular weight excluding hydrogens is 384 g/mol. The molecule has 0 fully saturated rings. The van der Waals surface area contributed by atoms with Gasteiger partial charge in [-0.05, 0) is 29.8 Å². The summed E-state index contributed by atoms with van der Waals surface area (Å²) in [7, 11) is -3.32. The van der Waals surface area contributed by atoms with Crippen LogP contribution < -0.4 is 4.74 Å². The van der Waals surface area contributed by atoms with E-state index in [0.717, 1.165) is 6.26 Å². The number of ether oxygens (including phenoxy) is 1. The normalized spacial score (nSPS) is 11.2. The van der Waals surface area contributed by atoms with Crippen molar-refractivity contribution in [1.82, 2.24) is 0 Å². The SMILES string of the molecule is CS(=O)(=O)c1cc(Br)cc(COc2ccccc2CC(=O)O)c1. The number of sulfone groups is 1. The van der Waals surface area contributed by atoms with Crippen molar-refractivity contribution < 1.29 is 23.1 Å². The van der Waals surface area contributed by atoms with Crippen LogP contribution >= 0.6 is 15.9 Å². The second-order valence-corrected chi connectivity index (χ2v) is 7.97. The van der Waals surface area contributed by atoms with Crippen molar-refractivity contribution in [2.45, 2.75) is 17.9 Å². The summed E-state index contributed by atoms with van der Waals surface area (Å²) in [6.07, 6.45) is 1.00. The van der Waals surface area contributed by atoms with Crippen molar-refractivity contribution in [2.24, 2.45) is 0 Å². The van der Waals surface area contributed by atoms with E-state index in [-0.39, 0.29) is 17.9 Å². The third-order valence-corrected chi connectivity index (χ3v) is 4.62. The molecule has 2 aromatic rings. The van der Waals surface area contributed by atoms with Crippen LogP contribution in [0.3, 0.4) is 0 Å². The van der Waals surface area contributed by atoms with Crippen LogP contribution in [0.4, 0.5) is 0 Å². The molecule has 0 aliphatic carbocycles. The van der Waals surface area contributed by atoms with Gasteiger partial charge in [0.15, 0.2) is 9.84 Å². The number of aliphatic carboxylic acids is 1. The Morgan fingerprint density at radius 1 is 1.22 bits per heavy atom. The molecule has 0 aromatic heterocycles. The van der Waals surface area contributed by atoms with E-state index in [9.17, 15) is 13.2 Å². The Morgan fingerprint density at radius 3 is 2.57 bits per heavy atom. The van der Waals surface area contributed by atoms with Crippen molar-refractivity contribution in [2.75, 3.05) is 6.26 Å². The molecule has 1 N–H and O–H groups in total. The molecule has 0 aliphatic rings. The van der Waals surface area contributed by atoms with Gasteiger partial charge in [0.1, 0.15) is 12.4 Å². The fourth-order valence-electron chi connectivity index (χ4n) is 2.03. The minimum absolute atomic E-state index is 0.136. The topological polar surface area (TPSA) is 80.7 Å². The fourth-order valence-corrected chi connectivity index (χ4v) is 3.43. The minimum atomic E-state index is -3.32. The molecule has 0 saturated heterocycles. The lowest BCUT2D eigenvalue weighted by Crippen LogP contribution is -2.05. The number of hydrogen-bond donors (Lipinski definition) is 1. The van der Waals surface area contributed by atoms with Crippen molar-refractivity contribution in [3.8, 4) is 5.75 Å². The highest BCUT2D eigenvalue weighted by Crippen LogP contribution is 2.23. The lowest BCUT2D eigenvalue weighted by Gasteiger charge is -2.11. The summed E-state index contributed by atoms with van der Waals surface area (Å²) >= 11 is 3.28. The number of rotatable bonds is 6. The molecule has 0 saturated carbocycles. The summed E-state index contributed by atoms with van der Waals surface area (Å²) < 4.78 is 29.6. The van der Waals surface area contributed by atoms with E-state index in [4.69, 9.17) is 9.84 Å². The Morgan fingerprint density at radius 2 is 1.91 bits per heavy atom. The molecule has 2 aromatic carbocycles. The maximum Gasteiger partial charge on any atom is 0.307 e. The van der Waals surface area contributed by atoms with E-state index in [1.54, 1.807) is 36.4 Å². The van der Waals surface area contributed by atoms with Crippen molar-refractivity contribution >= 4 is 31.7 Å². The Kier molecular flexibility index (Phi) is 5.43. The minimum Gasteiger partial charge on any atom is -0.489 e. The van der Waals surface area contributed by atoms with Gasteiger partial charge in [-0.15, -0.1) is 0 Å². The zero-order valence-corrected chi connectivity index (χ0v) is 14.7. The highest BCUT2D eigenvalue weighted by molar-refractivity contribution is 9.10. The second-order valence-electron chi connectivity index (χ2n) is 5.03. The molecule has 5 nitrogen and oxygen atoms in total. The molecule has 0 spiro atoms. The van der Waals surface area contributed by atoms with Crippen LogP contribution in [0.2, 0.25) is 0 Å². The fraction of sp³-hybridized carbons (Fsp3) is 0.188. The van der Waals surface area contributed by atoms with Crippen molar-refractivity contribution in [1.29, 1.82) is 0 Å². The molecular formula is C16H15BrO5S. The Balaban J connectivity index is 2.22. The standard InChI is InChI=1S/C16H15BrO5S/c1-23(20,21)14-7-11(6-13(17)9-14)10-22-15-5-3-2-4-12(15)8-16(18)19/h2-7,9H,8,10H2,1H3,(H,18,19). The molecule has 7 heteroatoms. The molecule has 122 valence electrons. The molecule has 0 amide bonds. The first-order valence-electron chi connectivity index (χ1n) is 6.68. The van der Waals surface area contributed by atoms with Gasteiger partial charge in [0.2, 0.25) is 0 Å². The van der Waals surface area contributed by atoms with E-state index in [1.165, 1.54) is 6.07 Å². The maximum atomic E-state index is 11.7. The van der Waals surface area contributed by atoms with Gasteiger partial charge in [0, 0.05) is 16.3 Å². The second kappa shape index (κ2) is 7.14. The van der Waals surface area contributed by atoms with Gasteiger partial charge in [0.25, 0.3) is 0 Å². The van der Waals surface area contributed by atoms with Gasteiger partial charge >= 0.3 is 5.97 Å². The van der Waals surface area contributed by atoms with Gasteiger partial charge in [0.05, 0.1) is 11.3 Å². The van der Waals surface area contributed by atoms with Gasteiger partial charge in [-0.25, -0.2) is 8.42 Å². The largest absolute Gasteiger partial charge is 0.489 e. The average Bonchev–Trinajstić information content (AvgIpc) is 2.44. The summed E-state index contributed by atoms with van der Waals surface area (Å²) in [6, 6.07) is 11.7. The number of carbonyl (C=O) groups is 1. The predicted octanol–water partition coefficient (Wildman–Crippen LogP) is 3.06. The lowest BCUT2D eigenvalue weighted by atomic mass is 10.1. The Bertz CT molecular complexity index is 830. The number of hydrogen-bond acceptors (Lipinski definition) is 4. The molecule has 0 unspecified atom stereocenters. The maximum absolute atomic E-state index is 11.7. The summed E-state index contributed by atoms with van der Waals surface area (Å²) in [4.78, 5) is 11.1. The molecule has 0 atom stereocenters. The number of para-hydroxylation sites is 1. The molecule has 2 rings (SSSR count). The molecule has 0 bridgehead atoms. The van der Waals surface area contributed by atoms with Crippen molar-refractivity contribution in [3.63, 3.8) is 0 Å². The number of halogens is 1. The third kappa shape index (κ3) is 5.07. The van der Waals surface area contributed by atoms with Crippen LogP contribution in [0.25, 0.3) is 0 Å². The van der Waals surface area contributed by atoms with E-state index >= 15 is 0 Å². The van der Waals surface area contributed by atoms with Crippen LogP contribution in [0.1, 0.15) is 11.1 Å². The first kappa shape index (κ1) is 17.5.